The highest BCUT2D eigenvalue weighted by Crippen LogP contribution is 2.38. The summed E-state index contributed by atoms with van der Waals surface area (Å²) in [4.78, 5) is 38.6. The summed E-state index contributed by atoms with van der Waals surface area (Å²) >= 11 is 8.64. The molecule has 0 aliphatic carbocycles. The molecule has 1 aliphatic rings. The van der Waals surface area contributed by atoms with Crippen molar-refractivity contribution in [3.05, 3.63) is 90.9 Å². The lowest BCUT2D eigenvalue weighted by molar-refractivity contribution is -0.137. The molecule has 1 aliphatic heterocycles. The lowest BCUT2D eigenvalue weighted by Crippen LogP contribution is -2.36. The van der Waals surface area contributed by atoms with Gasteiger partial charge in [-0.05, 0) is 94.0 Å². The zero-order chi connectivity index (χ0) is 29.0. The number of nitrogens with zero attached hydrogens (tertiary/aromatic N) is 1. The average Bonchev–Trinajstić information content (AvgIpc) is 3.15. The number of carbonyl (C=O) groups excluding carboxylic acids is 3. The second kappa shape index (κ2) is 12.5. The van der Waals surface area contributed by atoms with E-state index in [2.05, 4.69) is 27.9 Å². The summed E-state index contributed by atoms with van der Waals surface area (Å²) in [6.45, 7) is -0.388. The Bertz CT molecular complexity index is 1500. The summed E-state index contributed by atoms with van der Waals surface area (Å²) in [5, 5.41) is 2.22. The molecule has 1 N–H and O–H groups in total. The number of hydrogen-bond donors (Lipinski definition) is 1. The molecule has 7 nitrogen and oxygen atoms in total. The number of imide groups is 1. The Balaban J connectivity index is 1.45. The Morgan fingerprint density at radius 2 is 1.85 bits per heavy atom. The van der Waals surface area contributed by atoms with Crippen LogP contribution in [0.15, 0.2) is 65.6 Å². The van der Waals surface area contributed by atoms with Gasteiger partial charge < -0.3 is 14.8 Å². The van der Waals surface area contributed by atoms with E-state index < -0.39 is 35.3 Å². The average molecular weight is 703 g/mol. The van der Waals surface area contributed by atoms with Crippen molar-refractivity contribution in [3.63, 3.8) is 0 Å². The standard InChI is InChI=1S/C27H19ClF3IN2O5S/c1-38-21-10-16(9-20(32)24(21)39-14-15-5-7-18(28)8-6-15)11-22-25(36)34(26(37)40-22)13-23(35)33-19-4-2-3-17(12-19)27(29,30)31/h2-12H,13-14H2,1H3,(H,33,35)/b22-11-. The molecular weight excluding hydrogens is 684 g/mol. The van der Waals surface area contributed by atoms with Crippen LogP contribution in [0.2, 0.25) is 5.02 Å². The predicted octanol–water partition coefficient (Wildman–Crippen LogP) is 7.23. The molecule has 3 amide bonds. The summed E-state index contributed by atoms with van der Waals surface area (Å²) in [5.74, 6) is -0.617. The molecular formula is C27H19ClF3IN2O5S. The first-order chi connectivity index (χ1) is 18.9. The van der Waals surface area contributed by atoms with Crippen LogP contribution < -0.4 is 14.8 Å². The Morgan fingerprint density at radius 3 is 2.52 bits per heavy atom. The van der Waals surface area contributed by atoms with E-state index >= 15 is 0 Å². The van der Waals surface area contributed by atoms with Gasteiger partial charge in [-0.15, -0.1) is 0 Å². The third kappa shape index (κ3) is 7.29. The monoisotopic (exact) mass is 702 g/mol. The highest BCUT2D eigenvalue weighted by atomic mass is 127. The van der Waals surface area contributed by atoms with Crippen LogP contribution in [0.4, 0.5) is 23.7 Å². The van der Waals surface area contributed by atoms with Crippen LogP contribution in [-0.2, 0) is 22.4 Å². The van der Waals surface area contributed by atoms with Gasteiger partial charge in [0.05, 0.1) is 21.1 Å². The SMILES string of the molecule is COc1cc(/C=C2\SC(=O)N(CC(=O)Nc3cccc(C(F)(F)F)c3)C2=O)cc(I)c1OCc1ccc(Cl)cc1. The molecule has 4 rings (SSSR count). The van der Waals surface area contributed by atoms with Gasteiger partial charge in [0.15, 0.2) is 11.5 Å². The van der Waals surface area contributed by atoms with E-state index in [0.717, 1.165) is 28.7 Å². The highest BCUT2D eigenvalue weighted by Gasteiger charge is 2.36. The second-order valence-corrected chi connectivity index (χ2v) is 10.9. The van der Waals surface area contributed by atoms with Crippen molar-refractivity contribution in [1.82, 2.24) is 4.90 Å². The van der Waals surface area contributed by atoms with E-state index in [1.807, 2.05) is 12.1 Å². The van der Waals surface area contributed by atoms with Crippen molar-refractivity contribution in [2.24, 2.45) is 0 Å². The maximum Gasteiger partial charge on any atom is 0.416 e. The number of amides is 3. The fourth-order valence-corrected chi connectivity index (χ4v) is 5.35. The molecule has 1 heterocycles. The Labute approximate surface area is 249 Å². The van der Waals surface area contributed by atoms with Crippen molar-refractivity contribution < 1.29 is 37.0 Å². The van der Waals surface area contributed by atoms with E-state index in [4.69, 9.17) is 21.1 Å². The number of nitrogens with one attached hydrogen (secondary N) is 1. The van der Waals surface area contributed by atoms with Crippen LogP contribution in [0.3, 0.4) is 0 Å². The van der Waals surface area contributed by atoms with Crippen LogP contribution in [0.25, 0.3) is 6.08 Å². The molecule has 0 aromatic heterocycles. The minimum atomic E-state index is -4.58. The van der Waals surface area contributed by atoms with Crippen molar-refractivity contribution in [3.8, 4) is 11.5 Å². The number of halogens is 5. The van der Waals surface area contributed by atoms with Crippen LogP contribution >= 0.6 is 46.0 Å². The number of methoxy groups -OCH3 is 1. The van der Waals surface area contributed by atoms with E-state index in [1.165, 1.54) is 19.3 Å². The summed E-state index contributed by atoms with van der Waals surface area (Å²) in [6, 6.07) is 14.6. The minimum absolute atomic E-state index is 0.0737. The quantitative estimate of drug-likeness (QED) is 0.197. The molecule has 3 aromatic carbocycles. The number of alkyl halides is 3. The van der Waals surface area contributed by atoms with Crippen molar-refractivity contribution in [2.45, 2.75) is 12.8 Å². The Hall–Kier alpha value is -3.23. The van der Waals surface area contributed by atoms with Crippen molar-refractivity contribution in [2.75, 3.05) is 19.0 Å². The summed E-state index contributed by atoms with van der Waals surface area (Å²) < 4.78 is 50.9. The lowest BCUT2D eigenvalue weighted by Gasteiger charge is -2.14. The molecule has 13 heteroatoms. The molecule has 1 fully saturated rings. The van der Waals surface area contributed by atoms with Crippen molar-refractivity contribution in [1.29, 1.82) is 0 Å². The van der Waals surface area contributed by atoms with Gasteiger partial charge in [-0.1, -0.05) is 29.8 Å². The summed E-state index contributed by atoms with van der Waals surface area (Å²) in [6.07, 6.45) is -3.09. The largest absolute Gasteiger partial charge is 0.493 e. The minimum Gasteiger partial charge on any atom is -0.493 e. The van der Waals surface area contributed by atoms with Gasteiger partial charge in [0.2, 0.25) is 5.91 Å². The van der Waals surface area contributed by atoms with Crippen LogP contribution in [0.1, 0.15) is 16.7 Å². The molecule has 0 radical (unpaired) electrons. The van der Waals surface area contributed by atoms with Crippen molar-refractivity contribution >= 4 is 74.8 Å². The first-order valence-electron chi connectivity index (χ1n) is 11.4. The van der Waals surface area contributed by atoms with Crippen LogP contribution in [0, 0.1) is 3.57 Å². The number of rotatable bonds is 8. The van der Waals surface area contributed by atoms with E-state index in [0.29, 0.717) is 37.4 Å². The Morgan fingerprint density at radius 1 is 1.12 bits per heavy atom. The second-order valence-electron chi connectivity index (χ2n) is 8.34. The molecule has 3 aromatic rings. The maximum atomic E-state index is 12.9. The third-order valence-electron chi connectivity index (χ3n) is 5.49. The Kier molecular flexibility index (Phi) is 9.31. The van der Waals surface area contributed by atoms with Crippen LogP contribution in [-0.4, -0.2) is 35.6 Å². The molecule has 0 bridgehead atoms. The smallest absolute Gasteiger partial charge is 0.416 e. The molecule has 0 atom stereocenters. The van der Waals surface area contributed by atoms with E-state index in [1.54, 1.807) is 24.3 Å². The number of hydrogen-bond acceptors (Lipinski definition) is 6. The van der Waals surface area contributed by atoms with Gasteiger partial charge in [0.25, 0.3) is 11.1 Å². The fourth-order valence-electron chi connectivity index (χ4n) is 3.60. The first-order valence-corrected chi connectivity index (χ1v) is 13.7. The molecule has 0 unspecified atom stereocenters. The van der Waals surface area contributed by atoms with E-state index in [-0.39, 0.29) is 17.2 Å². The highest BCUT2D eigenvalue weighted by molar-refractivity contribution is 14.1. The number of thioether (sulfide) groups is 1. The number of anilines is 1. The lowest BCUT2D eigenvalue weighted by atomic mass is 10.1. The summed E-state index contributed by atoms with van der Waals surface area (Å²) in [5.41, 5.74) is 0.407. The zero-order valence-electron chi connectivity index (χ0n) is 20.6. The van der Waals surface area contributed by atoms with Gasteiger partial charge in [-0.3, -0.25) is 19.3 Å². The maximum absolute atomic E-state index is 12.9. The van der Waals surface area contributed by atoms with E-state index in [9.17, 15) is 27.6 Å². The molecule has 1 saturated heterocycles. The van der Waals surface area contributed by atoms with Gasteiger partial charge >= 0.3 is 6.18 Å². The van der Waals surface area contributed by atoms with Crippen LogP contribution in [0.5, 0.6) is 11.5 Å². The summed E-state index contributed by atoms with van der Waals surface area (Å²) in [7, 11) is 1.47. The first kappa shape index (κ1) is 29.7. The fraction of sp³-hybridized carbons (Fsp3) is 0.148. The van der Waals surface area contributed by atoms with Gasteiger partial charge in [0.1, 0.15) is 13.2 Å². The molecule has 40 heavy (non-hydrogen) atoms. The number of carbonyl (C=O) groups is 3. The number of benzene rings is 3. The van der Waals surface area contributed by atoms with Gasteiger partial charge in [-0.25, -0.2) is 0 Å². The van der Waals surface area contributed by atoms with Gasteiger partial charge in [0, 0.05) is 10.7 Å². The molecule has 208 valence electrons. The topological polar surface area (TPSA) is 84.9 Å². The molecule has 0 spiro atoms. The van der Waals surface area contributed by atoms with Gasteiger partial charge in [-0.2, -0.15) is 13.2 Å². The predicted molar refractivity (Wildman–Crippen MR) is 154 cm³/mol. The normalized spacial score (nSPS) is 14.6. The number of ether oxygens (including phenoxy) is 2. The molecule has 0 saturated carbocycles. The zero-order valence-corrected chi connectivity index (χ0v) is 24.3. The third-order valence-corrected chi connectivity index (χ3v) is 7.46.